The second kappa shape index (κ2) is 3.65. The minimum absolute atomic E-state index is 1.17. The minimum Gasteiger partial charge on any atom is -0.375 e. The first-order valence-corrected chi connectivity index (χ1v) is 4.26. The second-order valence-electron chi connectivity index (χ2n) is 2.95. The van der Waals surface area contributed by atoms with Gasteiger partial charge >= 0.3 is 0 Å². The standard InChI is InChI=1S/C9H17N/c1-3-6-9(2)10-7-4-5-8-10/h6H,3-5,7-8H2,1-2H3. The highest BCUT2D eigenvalue weighted by atomic mass is 15.1. The summed E-state index contributed by atoms with van der Waals surface area (Å²) in [5.74, 6) is 0. The van der Waals surface area contributed by atoms with Crippen LogP contribution in [-0.4, -0.2) is 18.0 Å². The molecule has 1 aliphatic rings. The number of rotatable bonds is 2. The maximum absolute atomic E-state index is 2.48. The number of nitrogens with zero attached hydrogens (tertiary/aromatic N) is 1. The summed E-state index contributed by atoms with van der Waals surface area (Å²) in [7, 11) is 0. The lowest BCUT2D eigenvalue weighted by molar-refractivity contribution is 0.426. The molecule has 1 fully saturated rings. The molecule has 0 N–H and O–H groups in total. The van der Waals surface area contributed by atoms with Crippen LogP contribution in [0.15, 0.2) is 11.8 Å². The lowest BCUT2D eigenvalue weighted by atomic mass is 10.3. The summed E-state index contributed by atoms with van der Waals surface area (Å²) in [6.45, 7) is 6.97. The van der Waals surface area contributed by atoms with Gasteiger partial charge in [-0.3, -0.25) is 0 Å². The van der Waals surface area contributed by atoms with E-state index >= 15 is 0 Å². The predicted octanol–water partition coefficient (Wildman–Crippen LogP) is 2.40. The Morgan fingerprint density at radius 2 is 2.00 bits per heavy atom. The molecule has 0 radical (unpaired) electrons. The Kier molecular flexibility index (Phi) is 2.79. The quantitative estimate of drug-likeness (QED) is 0.568. The molecule has 0 unspecified atom stereocenters. The third-order valence-electron chi connectivity index (χ3n) is 2.10. The van der Waals surface area contributed by atoms with Crippen molar-refractivity contribution in [3.63, 3.8) is 0 Å². The molecule has 10 heavy (non-hydrogen) atoms. The maximum Gasteiger partial charge on any atom is 0.0175 e. The van der Waals surface area contributed by atoms with E-state index in [2.05, 4.69) is 24.8 Å². The monoisotopic (exact) mass is 139 g/mol. The number of hydrogen-bond acceptors (Lipinski definition) is 1. The highest BCUT2D eigenvalue weighted by Crippen LogP contribution is 2.13. The molecule has 0 aliphatic carbocycles. The van der Waals surface area contributed by atoms with Crippen LogP contribution in [0.2, 0.25) is 0 Å². The molecule has 0 aromatic rings. The van der Waals surface area contributed by atoms with Crippen molar-refractivity contribution in [3.05, 3.63) is 11.8 Å². The first kappa shape index (κ1) is 7.64. The molecule has 1 rings (SSSR count). The zero-order chi connectivity index (χ0) is 7.40. The van der Waals surface area contributed by atoms with E-state index in [-0.39, 0.29) is 0 Å². The number of hydrogen-bond donors (Lipinski definition) is 0. The summed E-state index contributed by atoms with van der Waals surface area (Å²) in [5.41, 5.74) is 1.47. The Hall–Kier alpha value is -0.460. The van der Waals surface area contributed by atoms with Crippen molar-refractivity contribution in [3.8, 4) is 0 Å². The normalized spacial score (nSPS) is 20.2. The van der Waals surface area contributed by atoms with E-state index in [0.717, 1.165) is 0 Å². The number of allylic oxidation sites excluding steroid dienone is 2. The van der Waals surface area contributed by atoms with Gasteiger partial charge < -0.3 is 4.90 Å². The van der Waals surface area contributed by atoms with E-state index in [1.54, 1.807) is 0 Å². The van der Waals surface area contributed by atoms with Gasteiger partial charge in [-0.15, -0.1) is 0 Å². The SMILES string of the molecule is CCC=C(C)N1CCCC1. The Labute approximate surface area is 63.7 Å². The van der Waals surface area contributed by atoms with Gasteiger partial charge in [-0.05, 0) is 26.2 Å². The van der Waals surface area contributed by atoms with Crippen molar-refractivity contribution < 1.29 is 0 Å². The van der Waals surface area contributed by atoms with Crippen molar-refractivity contribution in [1.29, 1.82) is 0 Å². The van der Waals surface area contributed by atoms with Gasteiger partial charge in [0.05, 0.1) is 0 Å². The molecular formula is C9H17N. The summed E-state index contributed by atoms with van der Waals surface area (Å²) in [5, 5.41) is 0. The molecule has 1 heterocycles. The fraction of sp³-hybridized carbons (Fsp3) is 0.778. The van der Waals surface area contributed by atoms with E-state index in [9.17, 15) is 0 Å². The molecule has 1 heteroatoms. The molecule has 0 saturated carbocycles. The Morgan fingerprint density at radius 1 is 1.40 bits per heavy atom. The van der Waals surface area contributed by atoms with Crippen LogP contribution in [0.25, 0.3) is 0 Å². The summed E-state index contributed by atoms with van der Waals surface area (Å²) in [6, 6.07) is 0. The van der Waals surface area contributed by atoms with Crippen molar-refractivity contribution in [2.75, 3.05) is 13.1 Å². The van der Waals surface area contributed by atoms with Gasteiger partial charge in [0.2, 0.25) is 0 Å². The lowest BCUT2D eigenvalue weighted by Gasteiger charge is -2.17. The average Bonchev–Trinajstić information content (AvgIpc) is 2.38. The van der Waals surface area contributed by atoms with Crippen LogP contribution in [0.4, 0.5) is 0 Å². The van der Waals surface area contributed by atoms with Gasteiger partial charge in [-0.2, -0.15) is 0 Å². The Bertz CT molecular complexity index is 121. The van der Waals surface area contributed by atoms with Crippen molar-refractivity contribution >= 4 is 0 Å². The van der Waals surface area contributed by atoms with Gasteiger partial charge in [0.15, 0.2) is 0 Å². The largest absolute Gasteiger partial charge is 0.375 e. The van der Waals surface area contributed by atoms with Crippen LogP contribution in [-0.2, 0) is 0 Å². The summed E-state index contributed by atoms with van der Waals surface area (Å²) in [4.78, 5) is 2.48. The molecule has 1 aliphatic heterocycles. The van der Waals surface area contributed by atoms with Crippen LogP contribution in [0.5, 0.6) is 0 Å². The zero-order valence-electron chi connectivity index (χ0n) is 7.06. The topological polar surface area (TPSA) is 3.24 Å². The molecule has 0 atom stereocenters. The van der Waals surface area contributed by atoms with Crippen LogP contribution >= 0.6 is 0 Å². The highest BCUT2D eigenvalue weighted by molar-refractivity contribution is 4.98. The summed E-state index contributed by atoms with van der Waals surface area (Å²) in [6.07, 6.45) is 6.25. The van der Waals surface area contributed by atoms with Gasteiger partial charge in [0, 0.05) is 18.8 Å². The van der Waals surface area contributed by atoms with Gasteiger partial charge in [0.1, 0.15) is 0 Å². The Balaban J connectivity index is 2.39. The smallest absolute Gasteiger partial charge is 0.0175 e. The lowest BCUT2D eigenvalue weighted by Crippen LogP contribution is -2.16. The minimum atomic E-state index is 1.17. The molecule has 1 saturated heterocycles. The summed E-state index contributed by atoms with van der Waals surface area (Å²) >= 11 is 0. The molecule has 1 nitrogen and oxygen atoms in total. The van der Waals surface area contributed by atoms with Crippen LogP contribution in [0, 0.1) is 0 Å². The van der Waals surface area contributed by atoms with Gasteiger partial charge in [0.25, 0.3) is 0 Å². The summed E-state index contributed by atoms with van der Waals surface area (Å²) < 4.78 is 0. The van der Waals surface area contributed by atoms with Crippen LogP contribution < -0.4 is 0 Å². The van der Waals surface area contributed by atoms with Crippen LogP contribution in [0.1, 0.15) is 33.1 Å². The molecule has 0 bridgehead atoms. The maximum atomic E-state index is 2.48. The van der Waals surface area contributed by atoms with E-state index in [4.69, 9.17) is 0 Å². The average molecular weight is 139 g/mol. The molecule has 0 aromatic carbocycles. The predicted molar refractivity (Wildman–Crippen MR) is 44.9 cm³/mol. The molecular weight excluding hydrogens is 122 g/mol. The van der Waals surface area contributed by atoms with E-state index in [0.29, 0.717) is 0 Å². The molecule has 0 amide bonds. The second-order valence-corrected chi connectivity index (χ2v) is 2.95. The van der Waals surface area contributed by atoms with Crippen molar-refractivity contribution in [2.24, 2.45) is 0 Å². The molecule has 58 valence electrons. The Morgan fingerprint density at radius 3 is 2.50 bits per heavy atom. The van der Waals surface area contributed by atoms with Crippen molar-refractivity contribution in [1.82, 2.24) is 4.90 Å². The third kappa shape index (κ3) is 1.76. The van der Waals surface area contributed by atoms with Crippen LogP contribution in [0.3, 0.4) is 0 Å². The fourth-order valence-electron chi connectivity index (χ4n) is 1.49. The number of likely N-dealkylation sites (tertiary alicyclic amines) is 1. The molecule has 0 aromatic heterocycles. The molecule has 0 spiro atoms. The highest BCUT2D eigenvalue weighted by Gasteiger charge is 2.10. The third-order valence-corrected chi connectivity index (χ3v) is 2.10. The first-order chi connectivity index (χ1) is 4.84. The van der Waals surface area contributed by atoms with Crippen molar-refractivity contribution in [2.45, 2.75) is 33.1 Å². The fourth-order valence-corrected chi connectivity index (χ4v) is 1.49. The first-order valence-electron chi connectivity index (χ1n) is 4.26. The van der Waals surface area contributed by atoms with E-state index in [1.807, 2.05) is 0 Å². The van der Waals surface area contributed by atoms with Gasteiger partial charge in [-0.1, -0.05) is 13.0 Å². The van der Waals surface area contributed by atoms with E-state index < -0.39 is 0 Å². The van der Waals surface area contributed by atoms with Gasteiger partial charge in [-0.25, -0.2) is 0 Å². The van der Waals surface area contributed by atoms with E-state index in [1.165, 1.54) is 38.0 Å². The zero-order valence-corrected chi connectivity index (χ0v) is 7.06.